The van der Waals surface area contributed by atoms with Gasteiger partial charge in [0.25, 0.3) is 0 Å². The number of carbonyl (C=O) groups is 1. The highest BCUT2D eigenvalue weighted by Gasteiger charge is 2.20. The van der Waals surface area contributed by atoms with Crippen molar-refractivity contribution in [1.29, 1.82) is 0 Å². The SMILES string of the molecule is COC(=O)c1ccc(Cl)c(S(=O)(=O)NCCCc2nc(C(C)C)no2)c1. The van der Waals surface area contributed by atoms with Crippen LogP contribution in [0.2, 0.25) is 5.02 Å². The lowest BCUT2D eigenvalue weighted by molar-refractivity contribution is 0.0600. The molecule has 1 aromatic carbocycles. The molecule has 0 fully saturated rings. The van der Waals surface area contributed by atoms with Crippen molar-refractivity contribution in [3.63, 3.8) is 0 Å². The molecule has 0 amide bonds. The predicted molar refractivity (Wildman–Crippen MR) is 94.7 cm³/mol. The summed E-state index contributed by atoms with van der Waals surface area (Å²) in [7, 11) is -2.66. The first-order valence-electron chi connectivity index (χ1n) is 7.94. The third kappa shape index (κ3) is 5.03. The fourth-order valence-electron chi connectivity index (χ4n) is 2.08. The zero-order chi connectivity index (χ0) is 19.3. The molecular formula is C16H20ClN3O5S. The average Bonchev–Trinajstić information content (AvgIpc) is 3.07. The van der Waals surface area contributed by atoms with Crippen LogP contribution in [0.4, 0.5) is 0 Å². The fraction of sp³-hybridized carbons (Fsp3) is 0.438. The van der Waals surface area contributed by atoms with Crippen LogP contribution in [0, 0.1) is 0 Å². The van der Waals surface area contributed by atoms with Gasteiger partial charge in [-0.1, -0.05) is 30.6 Å². The molecule has 10 heteroatoms. The number of nitrogens with zero attached hydrogens (tertiary/aromatic N) is 2. The molecular weight excluding hydrogens is 382 g/mol. The van der Waals surface area contributed by atoms with E-state index >= 15 is 0 Å². The summed E-state index contributed by atoms with van der Waals surface area (Å²) in [4.78, 5) is 15.6. The first-order chi connectivity index (χ1) is 12.2. The summed E-state index contributed by atoms with van der Waals surface area (Å²) < 4.78 is 37.0. The molecule has 0 saturated carbocycles. The molecule has 0 atom stereocenters. The summed E-state index contributed by atoms with van der Waals surface area (Å²) in [6.07, 6.45) is 0.908. The highest BCUT2D eigenvalue weighted by atomic mass is 35.5. The monoisotopic (exact) mass is 401 g/mol. The quantitative estimate of drug-likeness (QED) is 0.534. The van der Waals surface area contributed by atoms with Crippen molar-refractivity contribution in [2.75, 3.05) is 13.7 Å². The summed E-state index contributed by atoms with van der Waals surface area (Å²) in [5, 5.41) is 3.87. The summed E-state index contributed by atoms with van der Waals surface area (Å²) >= 11 is 5.97. The number of aryl methyl sites for hydroxylation is 1. The molecule has 2 aromatic rings. The highest BCUT2D eigenvalue weighted by Crippen LogP contribution is 2.23. The lowest BCUT2D eigenvalue weighted by Crippen LogP contribution is -2.25. The Kier molecular flexibility index (Phi) is 6.74. The van der Waals surface area contributed by atoms with Crippen LogP contribution in [0.3, 0.4) is 0 Å². The van der Waals surface area contributed by atoms with Crippen LogP contribution in [0.15, 0.2) is 27.6 Å². The Bertz CT molecular complexity index is 880. The van der Waals surface area contributed by atoms with Crippen LogP contribution >= 0.6 is 11.6 Å². The largest absolute Gasteiger partial charge is 0.465 e. The third-order valence-corrected chi connectivity index (χ3v) is 5.44. The number of benzene rings is 1. The van der Waals surface area contributed by atoms with E-state index < -0.39 is 16.0 Å². The molecule has 0 bridgehead atoms. The van der Waals surface area contributed by atoms with Crippen molar-refractivity contribution in [2.24, 2.45) is 0 Å². The number of carbonyl (C=O) groups excluding carboxylic acids is 1. The van der Waals surface area contributed by atoms with Crippen molar-refractivity contribution < 1.29 is 22.5 Å². The Morgan fingerprint density at radius 3 is 2.73 bits per heavy atom. The van der Waals surface area contributed by atoms with Crippen molar-refractivity contribution in [1.82, 2.24) is 14.9 Å². The molecule has 0 radical (unpaired) electrons. The number of hydrogen-bond acceptors (Lipinski definition) is 7. The highest BCUT2D eigenvalue weighted by molar-refractivity contribution is 7.89. The molecule has 26 heavy (non-hydrogen) atoms. The maximum atomic E-state index is 12.4. The van der Waals surface area contributed by atoms with Crippen LogP contribution < -0.4 is 4.72 Å². The number of hydrogen-bond donors (Lipinski definition) is 1. The Balaban J connectivity index is 1.99. The van der Waals surface area contributed by atoms with Gasteiger partial charge >= 0.3 is 5.97 Å². The molecule has 0 aliphatic carbocycles. The molecule has 1 N–H and O–H groups in total. The normalized spacial score (nSPS) is 11.7. The minimum Gasteiger partial charge on any atom is -0.465 e. The van der Waals surface area contributed by atoms with Gasteiger partial charge in [-0.3, -0.25) is 0 Å². The van der Waals surface area contributed by atoms with Gasteiger partial charge in [-0.2, -0.15) is 4.98 Å². The smallest absolute Gasteiger partial charge is 0.337 e. The van der Waals surface area contributed by atoms with E-state index in [2.05, 4.69) is 19.6 Å². The van der Waals surface area contributed by atoms with Crippen LogP contribution in [0.5, 0.6) is 0 Å². The van der Waals surface area contributed by atoms with Crippen molar-refractivity contribution in [3.05, 3.63) is 40.5 Å². The molecule has 0 aliphatic rings. The van der Waals surface area contributed by atoms with Crippen LogP contribution in [-0.2, 0) is 21.2 Å². The van der Waals surface area contributed by atoms with Gasteiger partial charge in [-0.25, -0.2) is 17.9 Å². The number of methoxy groups -OCH3 is 1. The summed E-state index contributed by atoms with van der Waals surface area (Å²) in [6, 6.07) is 3.92. The van der Waals surface area contributed by atoms with Gasteiger partial charge in [0.1, 0.15) is 4.90 Å². The van der Waals surface area contributed by atoms with Crippen LogP contribution in [-0.4, -0.2) is 38.2 Å². The van der Waals surface area contributed by atoms with E-state index in [1.807, 2.05) is 13.8 Å². The number of aromatic nitrogens is 2. The minimum atomic E-state index is -3.87. The van der Waals surface area contributed by atoms with E-state index in [1.165, 1.54) is 25.3 Å². The van der Waals surface area contributed by atoms with Crippen molar-refractivity contribution in [2.45, 2.75) is 37.5 Å². The molecule has 8 nitrogen and oxygen atoms in total. The van der Waals surface area contributed by atoms with E-state index in [4.69, 9.17) is 16.1 Å². The van der Waals surface area contributed by atoms with Gasteiger partial charge in [0.05, 0.1) is 17.7 Å². The first-order valence-corrected chi connectivity index (χ1v) is 9.80. The van der Waals surface area contributed by atoms with Gasteiger partial charge in [0.15, 0.2) is 5.82 Å². The van der Waals surface area contributed by atoms with E-state index in [0.717, 1.165) is 0 Å². The lowest BCUT2D eigenvalue weighted by Gasteiger charge is -2.09. The van der Waals surface area contributed by atoms with Gasteiger partial charge in [-0.05, 0) is 24.6 Å². The van der Waals surface area contributed by atoms with Gasteiger partial charge in [0, 0.05) is 18.9 Å². The zero-order valence-corrected chi connectivity index (χ0v) is 16.2. The van der Waals surface area contributed by atoms with Gasteiger partial charge in [0.2, 0.25) is 15.9 Å². The Hall–Kier alpha value is -1.97. The second-order valence-corrected chi connectivity index (χ2v) is 7.98. The topological polar surface area (TPSA) is 111 Å². The minimum absolute atomic E-state index is 0.0172. The molecule has 0 spiro atoms. The van der Waals surface area contributed by atoms with E-state index in [1.54, 1.807) is 0 Å². The van der Waals surface area contributed by atoms with Gasteiger partial charge < -0.3 is 9.26 Å². The summed E-state index contributed by atoms with van der Waals surface area (Å²) in [5.41, 5.74) is 0.101. The predicted octanol–water partition coefficient (Wildman–Crippen LogP) is 2.54. The summed E-state index contributed by atoms with van der Waals surface area (Å²) in [5.74, 6) is 0.594. The zero-order valence-electron chi connectivity index (χ0n) is 14.7. The second-order valence-electron chi connectivity index (χ2n) is 5.84. The van der Waals surface area contributed by atoms with Gasteiger partial charge in [-0.15, -0.1) is 0 Å². The van der Waals surface area contributed by atoms with Crippen LogP contribution in [0.25, 0.3) is 0 Å². The number of ether oxygens (including phenoxy) is 1. The molecule has 142 valence electrons. The first kappa shape index (κ1) is 20.3. The number of esters is 1. The molecule has 2 rings (SSSR count). The number of rotatable bonds is 8. The Labute approximate surface area is 156 Å². The third-order valence-electron chi connectivity index (χ3n) is 3.50. The van der Waals surface area contributed by atoms with E-state index in [-0.39, 0.29) is 27.9 Å². The second kappa shape index (κ2) is 8.61. The molecule has 0 aliphatic heterocycles. The van der Waals surface area contributed by atoms with E-state index in [0.29, 0.717) is 24.6 Å². The maximum Gasteiger partial charge on any atom is 0.337 e. The fourth-order valence-corrected chi connectivity index (χ4v) is 3.68. The maximum absolute atomic E-state index is 12.4. The van der Waals surface area contributed by atoms with Crippen molar-refractivity contribution >= 4 is 27.6 Å². The number of halogens is 1. The molecule has 0 saturated heterocycles. The number of sulfonamides is 1. The molecule has 0 unspecified atom stereocenters. The summed E-state index contributed by atoms with van der Waals surface area (Å²) in [6.45, 7) is 4.06. The van der Waals surface area contributed by atoms with E-state index in [9.17, 15) is 13.2 Å². The standard InChI is InChI=1S/C16H20ClN3O5S/c1-10(2)15-19-14(25-20-15)5-4-8-18-26(22,23)13-9-11(16(21)24-3)6-7-12(13)17/h6-7,9-10,18H,4-5,8H2,1-3H3. The Morgan fingerprint density at radius 2 is 2.12 bits per heavy atom. The molecule has 1 heterocycles. The van der Waals surface area contributed by atoms with Crippen LogP contribution in [0.1, 0.15) is 48.3 Å². The average molecular weight is 402 g/mol. The Morgan fingerprint density at radius 1 is 1.38 bits per heavy atom. The van der Waals surface area contributed by atoms with Crippen molar-refractivity contribution in [3.8, 4) is 0 Å². The number of nitrogens with one attached hydrogen (secondary N) is 1. The lowest BCUT2D eigenvalue weighted by atomic mass is 10.2. The molecule has 1 aromatic heterocycles.